The van der Waals surface area contributed by atoms with Gasteiger partial charge in [0.15, 0.2) is 0 Å². The van der Waals surface area contributed by atoms with Crippen LogP contribution in [0.3, 0.4) is 0 Å². The van der Waals surface area contributed by atoms with Crippen LogP contribution in [0, 0.1) is 0 Å². The zero-order valence-electron chi connectivity index (χ0n) is 29.1. The van der Waals surface area contributed by atoms with Gasteiger partial charge in [0.2, 0.25) is 11.8 Å². The van der Waals surface area contributed by atoms with Crippen molar-refractivity contribution in [3.05, 3.63) is 123 Å². The van der Waals surface area contributed by atoms with Crippen LogP contribution < -0.4 is 20.1 Å². The fourth-order valence-electron chi connectivity index (χ4n) is 6.40. The predicted octanol–water partition coefficient (Wildman–Crippen LogP) is 6.56. The molecule has 2 aromatic carbocycles. The molecule has 2 aromatic heterocycles. The van der Waals surface area contributed by atoms with Gasteiger partial charge in [-0.1, -0.05) is 59.6 Å². The zero-order valence-corrected chi connectivity index (χ0v) is 30.7. The summed E-state index contributed by atoms with van der Waals surface area (Å²) >= 11 is 13.6. The summed E-state index contributed by atoms with van der Waals surface area (Å²) in [6, 6.07) is 16.7. The van der Waals surface area contributed by atoms with Crippen molar-refractivity contribution in [3.63, 3.8) is 0 Å². The Balaban J connectivity index is 1.13. The Labute approximate surface area is 317 Å². The molecule has 1 amide bonds. The number of ether oxygens (including phenoxy) is 3. The summed E-state index contributed by atoms with van der Waals surface area (Å²) < 4.78 is 17.2. The van der Waals surface area contributed by atoms with Gasteiger partial charge in [0.1, 0.15) is 22.7 Å². The number of halogens is 2. The van der Waals surface area contributed by atoms with Crippen LogP contribution in [-0.2, 0) is 29.0 Å². The van der Waals surface area contributed by atoms with Crippen LogP contribution in [0.4, 0.5) is 5.82 Å². The summed E-state index contributed by atoms with van der Waals surface area (Å²) in [5.41, 5.74) is 5.57. The van der Waals surface area contributed by atoms with Crippen molar-refractivity contribution >= 4 is 40.9 Å². The summed E-state index contributed by atoms with van der Waals surface area (Å²) in [4.78, 5) is 35.4. The summed E-state index contributed by atoms with van der Waals surface area (Å²) in [7, 11) is 3.14. The third-order valence-corrected chi connectivity index (χ3v) is 9.62. The maximum Gasteiger partial charge on any atom is 0.306 e. The number of hydrogen-bond acceptors (Lipinski definition) is 10. The highest BCUT2D eigenvalue weighted by Crippen LogP contribution is 2.43. The van der Waals surface area contributed by atoms with Crippen LogP contribution in [-0.4, -0.2) is 70.4 Å². The number of anilines is 1. The minimum absolute atomic E-state index is 0.0712. The Kier molecular flexibility index (Phi) is 12.2. The third kappa shape index (κ3) is 9.09. The van der Waals surface area contributed by atoms with Crippen LogP contribution in [0.5, 0.6) is 11.8 Å². The highest BCUT2D eigenvalue weighted by molar-refractivity contribution is 6.37. The highest BCUT2D eigenvalue weighted by atomic mass is 35.5. The van der Waals surface area contributed by atoms with Gasteiger partial charge in [0.25, 0.3) is 5.91 Å². The second-order valence-electron chi connectivity index (χ2n) is 12.6. The molecular formula is C39H39Cl2N5O7. The van der Waals surface area contributed by atoms with Gasteiger partial charge in [-0.05, 0) is 71.6 Å². The number of allylic oxidation sites excluding steroid dienone is 2. The molecule has 1 unspecified atom stereocenters. The number of carbonyl (C=O) groups is 2. The lowest BCUT2D eigenvalue weighted by Crippen LogP contribution is -2.28. The number of nitrogens with zero attached hydrogens (tertiary/aromatic N) is 3. The molecule has 0 fully saturated rings. The van der Waals surface area contributed by atoms with Gasteiger partial charge in [0, 0.05) is 37.0 Å². The second-order valence-corrected chi connectivity index (χ2v) is 13.4. The zero-order chi connectivity index (χ0) is 37.5. The van der Waals surface area contributed by atoms with Crippen molar-refractivity contribution in [2.45, 2.75) is 44.6 Å². The Morgan fingerprint density at radius 2 is 1.87 bits per heavy atom. The number of nitrogens with one attached hydrogen (secondary N) is 2. The number of rotatable bonds is 15. The summed E-state index contributed by atoms with van der Waals surface area (Å²) in [5.74, 6) is 0.337. The lowest BCUT2D eigenvalue weighted by Gasteiger charge is -2.23. The number of pyridine rings is 2. The Bertz CT molecular complexity index is 2040. The molecule has 2 atom stereocenters. The third-order valence-electron chi connectivity index (χ3n) is 8.94. The van der Waals surface area contributed by atoms with Crippen LogP contribution in [0.25, 0.3) is 11.1 Å². The van der Waals surface area contributed by atoms with E-state index in [0.717, 1.165) is 33.6 Å². The molecular weight excluding hydrogens is 721 g/mol. The Morgan fingerprint density at radius 1 is 1.06 bits per heavy atom. The molecule has 1 aliphatic carbocycles. The Morgan fingerprint density at radius 3 is 2.62 bits per heavy atom. The van der Waals surface area contributed by atoms with E-state index in [4.69, 9.17) is 42.5 Å². The number of carboxylic acids is 1. The van der Waals surface area contributed by atoms with E-state index in [2.05, 4.69) is 25.5 Å². The quantitative estimate of drug-likeness (QED) is 0.104. The van der Waals surface area contributed by atoms with Crippen molar-refractivity contribution in [1.29, 1.82) is 0 Å². The fraction of sp³-hybridized carbons (Fsp3) is 0.282. The van der Waals surface area contributed by atoms with Crippen LogP contribution in [0.1, 0.15) is 51.6 Å². The molecule has 0 saturated carbocycles. The van der Waals surface area contributed by atoms with Gasteiger partial charge in [-0.15, -0.1) is 0 Å². The number of carboxylic acid groups (broad SMARTS) is 1. The SMILES string of the molecule is COC1=CC=CN(Cc2ccc(NC(=O)c3cccc(-c4cccc5c4CC[C@@H]5Oc4nc(OC)c(CNCC(O)CC(=O)O)cc4Cl)c3Cl)nc2)C1. The van der Waals surface area contributed by atoms with Crippen molar-refractivity contribution in [2.24, 2.45) is 0 Å². The first-order chi connectivity index (χ1) is 25.6. The molecule has 53 heavy (non-hydrogen) atoms. The topological polar surface area (TPSA) is 155 Å². The molecule has 1 aliphatic heterocycles. The number of carbonyl (C=O) groups excluding carboxylic acids is 1. The fourth-order valence-corrected chi connectivity index (χ4v) is 6.93. The lowest BCUT2D eigenvalue weighted by atomic mass is 9.95. The van der Waals surface area contributed by atoms with Crippen LogP contribution >= 0.6 is 23.2 Å². The molecule has 14 heteroatoms. The van der Waals surface area contributed by atoms with E-state index in [9.17, 15) is 14.7 Å². The van der Waals surface area contributed by atoms with Gasteiger partial charge < -0.3 is 40.0 Å². The van der Waals surface area contributed by atoms with Crippen molar-refractivity contribution in [2.75, 3.05) is 32.6 Å². The first kappa shape index (κ1) is 37.6. The van der Waals surface area contributed by atoms with E-state index >= 15 is 0 Å². The first-order valence-corrected chi connectivity index (χ1v) is 17.7. The van der Waals surface area contributed by atoms with E-state index in [1.165, 1.54) is 7.11 Å². The number of aromatic nitrogens is 2. The number of aliphatic carboxylic acids is 1. The van der Waals surface area contributed by atoms with Crippen LogP contribution in [0.15, 0.2) is 84.9 Å². The molecule has 4 aromatic rings. The highest BCUT2D eigenvalue weighted by Gasteiger charge is 2.29. The van der Waals surface area contributed by atoms with Crippen molar-refractivity contribution in [3.8, 4) is 22.9 Å². The first-order valence-electron chi connectivity index (χ1n) is 17.0. The molecule has 0 spiro atoms. The number of methoxy groups -OCH3 is 2. The predicted molar refractivity (Wildman–Crippen MR) is 201 cm³/mol. The molecule has 2 aliphatic rings. The second kappa shape index (κ2) is 17.1. The maximum absolute atomic E-state index is 13.5. The summed E-state index contributed by atoms with van der Waals surface area (Å²) in [6.07, 6.45) is 7.22. The number of benzene rings is 2. The molecule has 6 rings (SSSR count). The van der Waals surface area contributed by atoms with Crippen molar-refractivity contribution < 1.29 is 34.0 Å². The molecule has 4 N–H and O–H groups in total. The summed E-state index contributed by atoms with van der Waals surface area (Å²) in [5, 5.41) is 25.2. The lowest BCUT2D eigenvalue weighted by molar-refractivity contribution is -0.139. The van der Waals surface area contributed by atoms with Gasteiger partial charge >= 0.3 is 5.97 Å². The maximum atomic E-state index is 13.5. The average molecular weight is 761 g/mol. The minimum Gasteiger partial charge on any atom is -0.499 e. The van der Waals surface area contributed by atoms with Gasteiger partial charge in [-0.2, -0.15) is 4.98 Å². The molecule has 3 heterocycles. The molecule has 276 valence electrons. The van der Waals surface area contributed by atoms with Gasteiger partial charge in [-0.3, -0.25) is 9.59 Å². The monoisotopic (exact) mass is 759 g/mol. The average Bonchev–Trinajstić information content (AvgIpc) is 3.56. The van der Waals surface area contributed by atoms with Crippen LogP contribution in [0.2, 0.25) is 10.0 Å². The van der Waals surface area contributed by atoms with Gasteiger partial charge in [-0.25, -0.2) is 4.98 Å². The van der Waals surface area contributed by atoms with E-state index < -0.39 is 12.1 Å². The standard InChI is InChI=1S/C39H39Cl2N5O7/c1-51-26-6-5-15-46(22-26)21-23-11-14-34(43-18-23)44-37(50)31-10-4-9-30(36(31)41)27-7-3-8-29-28(27)12-13-33(29)53-39-32(40)16-24(38(45-39)52-2)19-42-20-25(47)17-35(48)49/h3-11,14-16,18,25,33,42,47H,12-13,17,19-22H2,1-2H3,(H,48,49)(H,43,44,50)/t25?,33-/m0/s1. The number of aliphatic hydroxyl groups is 1. The van der Waals surface area contributed by atoms with Crippen molar-refractivity contribution in [1.82, 2.24) is 20.2 Å². The number of fused-ring (bicyclic) bond motifs is 1. The minimum atomic E-state index is -1.08. The van der Waals surface area contributed by atoms with E-state index in [0.29, 0.717) is 47.9 Å². The molecule has 0 radical (unpaired) electrons. The van der Waals surface area contributed by atoms with E-state index in [-0.39, 0.29) is 48.3 Å². The molecule has 12 nitrogen and oxygen atoms in total. The van der Waals surface area contributed by atoms with Gasteiger partial charge in [0.05, 0.1) is 43.9 Å². The Hall–Kier alpha value is -5.14. The molecule has 0 bridgehead atoms. The molecule has 0 saturated heterocycles. The largest absolute Gasteiger partial charge is 0.499 e. The number of amides is 1. The smallest absolute Gasteiger partial charge is 0.306 e. The number of aliphatic hydroxyl groups excluding tert-OH is 1. The van der Waals surface area contributed by atoms with E-state index in [1.807, 2.05) is 54.8 Å². The normalized spacial score (nSPS) is 15.4. The van der Waals surface area contributed by atoms with E-state index in [1.54, 1.807) is 31.5 Å². The number of hydrogen-bond donors (Lipinski definition) is 4. The summed E-state index contributed by atoms with van der Waals surface area (Å²) in [6.45, 7) is 1.63.